The van der Waals surface area contributed by atoms with E-state index in [4.69, 9.17) is 14.2 Å². The fourth-order valence-electron chi connectivity index (χ4n) is 3.30. The largest absolute Gasteiger partial charge is 0.493 e. The van der Waals surface area contributed by atoms with Crippen molar-refractivity contribution in [2.45, 2.75) is 39.4 Å². The summed E-state index contributed by atoms with van der Waals surface area (Å²) in [4.78, 5) is 12.4. The number of rotatable bonds is 9. The molecule has 0 aliphatic carbocycles. The van der Waals surface area contributed by atoms with E-state index < -0.39 is 16.0 Å². The third kappa shape index (κ3) is 5.96. The lowest BCUT2D eigenvalue weighted by Gasteiger charge is -2.13. The molecule has 1 unspecified atom stereocenters. The molecule has 0 saturated carbocycles. The average Bonchev–Trinajstić information content (AvgIpc) is 3.04. The lowest BCUT2D eigenvalue weighted by molar-refractivity contribution is 0.0469. The SMILES string of the molecule is CCOc1cc2c(cc1COC(=O)c1ccc(CCNS(C)(=O)=O)cc1)OC(C)C2. The van der Waals surface area contributed by atoms with Crippen molar-refractivity contribution >= 4 is 16.0 Å². The van der Waals surface area contributed by atoms with Gasteiger partial charge in [-0.15, -0.1) is 0 Å². The molecular weight excluding hydrogens is 406 g/mol. The molecule has 1 atom stereocenters. The second kappa shape index (κ2) is 9.49. The van der Waals surface area contributed by atoms with E-state index >= 15 is 0 Å². The zero-order chi connectivity index (χ0) is 21.7. The van der Waals surface area contributed by atoms with Gasteiger partial charge in [-0.2, -0.15) is 0 Å². The number of esters is 1. The van der Waals surface area contributed by atoms with Crippen LogP contribution in [-0.4, -0.2) is 39.9 Å². The first-order valence-corrected chi connectivity index (χ1v) is 11.8. The average molecular weight is 434 g/mol. The highest BCUT2D eigenvalue weighted by Crippen LogP contribution is 2.35. The number of ether oxygens (including phenoxy) is 3. The highest BCUT2D eigenvalue weighted by atomic mass is 32.2. The molecule has 0 bridgehead atoms. The summed E-state index contributed by atoms with van der Waals surface area (Å²) in [7, 11) is -3.21. The minimum absolute atomic E-state index is 0.0826. The Morgan fingerprint density at radius 1 is 1.23 bits per heavy atom. The molecule has 1 aliphatic heterocycles. The molecule has 8 heteroatoms. The Bertz CT molecular complexity index is 1000. The van der Waals surface area contributed by atoms with E-state index in [1.54, 1.807) is 24.3 Å². The van der Waals surface area contributed by atoms with Gasteiger partial charge in [-0.1, -0.05) is 12.1 Å². The second-order valence-electron chi connectivity index (χ2n) is 7.32. The molecule has 162 valence electrons. The Hall–Kier alpha value is -2.58. The normalized spacial score (nSPS) is 15.4. The van der Waals surface area contributed by atoms with Crippen molar-refractivity contribution in [1.29, 1.82) is 0 Å². The van der Waals surface area contributed by atoms with Crippen LogP contribution in [0.1, 0.15) is 40.9 Å². The van der Waals surface area contributed by atoms with Gasteiger partial charge in [0.05, 0.1) is 18.4 Å². The molecule has 0 saturated heterocycles. The van der Waals surface area contributed by atoms with Crippen molar-refractivity contribution in [3.8, 4) is 11.5 Å². The predicted octanol–water partition coefficient (Wildman–Crippen LogP) is 2.86. The molecule has 0 spiro atoms. The maximum absolute atomic E-state index is 12.4. The summed E-state index contributed by atoms with van der Waals surface area (Å²) in [5.74, 6) is 1.08. The molecule has 1 aliphatic rings. The Labute approximate surface area is 177 Å². The Balaban J connectivity index is 1.61. The standard InChI is InChI=1S/C22H27NO6S/c1-4-27-20-12-18-11-15(2)29-21(18)13-19(20)14-28-22(24)17-7-5-16(6-8-17)9-10-23-30(3,25)26/h5-8,12-13,15,23H,4,9-11,14H2,1-3H3. The van der Waals surface area contributed by atoms with Crippen LogP contribution in [0.4, 0.5) is 0 Å². The molecule has 3 rings (SSSR count). The van der Waals surface area contributed by atoms with Crippen molar-refractivity contribution < 1.29 is 27.4 Å². The van der Waals surface area contributed by atoms with E-state index in [-0.39, 0.29) is 12.7 Å². The number of fused-ring (bicyclic) bond motifs is 1. The van der Waals surface area contributed by atoms with Gasteiger partial charge in [-0.3, -0.25) is 0 Å². The number of benzene rings is 2. The monoisotopic (exact) mass is 433 g/mol. The van der Waals surface area contributed by atoms with E-state index in [1.807, 2.05) is 26.0 Å². The van der Waals surface area contributed by atoms with Gasteiger partial charge in [0.2, 0.25) is 10.0 Å². The summed E-state index contributed by atoms with van der Waals surface area (Å²) < 4.78 is 41.7. The maximum Gasteiger partial charge on any atom is 0.338 e. The van der Waals surface area contributed by atoms with Crippen molar-refractivity contribution in [2.24, 2.45) is 0 Å². The topological polar surface area (TPSA) is 90.9 Å². The summed E-state index contributed by atoms with van der Waals surface area (Å²) >= 11 is 0. The van der Waals surface area contributed by atoms with Gasteiger partial charge in [0, 0.05) is 24.1 Å². The molecule has 7 nitrogen and oxygen atoms in total. The fourth-order valence-corrected chi connectivity index (χ4v) is 3.77. The second-order valence-corrected chi connectivity index (χ2v) is 9.16. The molecule has 2 aromatic carbocycles. The zero-order valence-corrected chi connectivity index (χ0v) is 18.3. The first kappa shape index (κ1) is 22.1. The lowest BCUT2D eigenvalue weighted by Crippen LogP contribution is -2.24. The summed E-state index contributed by atoms with van der Waals surface area (Å²) in [6.45, 7) is 4.84. The maximum atomic E-state index is 12.4. The molecule has 0 fully saturated rings. The van der Waals surface area contributed by atoms with Crippen LogP contribution in [0.15, 0.2) is 36.4 Å². The number of carbonyl (C=O) groups is 1. The number of sulfonamides is 1. The van der Waals surface area contributed by atoms with Crippen LogP contribution in [0.25, 0.3) is 0 Å². The minimum Gasteiger partial charge on any atom is -0.493 e. The van der Waals surface area contributed by atoms with E-state index in [0.29, 0.717) is 30.9 Å². The van der Waals surface area contributed by atoms with Crippen molar-refractivity contribution in [3.63, 3.8) is 0 Å². The van der Waals surface area contributed by atoms with Crippen LogP contribution in [-0.2, 0) is 34.2 Å². The van der Waals surface area contributed by atoms with E-state index in [9.17, 15) is 13.2 Å². The van der Waals surface area contributed by atoms with Gasteiger partial charge in [0.1, 0.15) is 24.2 Å². The summed E-state index contributed by atoms with van der Waals surface area (Å²) in [6.07, 6.45) is 2.62. The van der Waals surface area contributed by atoms with Crippen molar-refractivity contribution in [2.75, 3.05) is 19.4 Å². The highest BCUT2D eigenvalue weighted by Gasteiger charge is 2.22. The zero-order valence-electron chi connectivity index (χ0n) is 17.4. The van der Waals surface area contributed by atoms with Gasteiger partial charge < -0.3 is 14.2 Å². The molecule has 0 aromatic heterocycles. The molecule has 0 amide bonds. The molecule has 0 radical (unpaired) electrons. The quantitative estimate of drug-likeness (QED) is 0.612. The Morgan fingerprint density at radius 2 is 1.97 bits per heavy atom. The summed E-state index contributed by atoms with van der Waals surface area (Å²) in [6, 6.07) is 10.8. The van der Waals surface area contributed by atoms with Gasteiger partial charge >= 0.3 is 5.97 Å². The molecule has 1 heterocycles. The summed E-state index contributed by atoms with van der Waals surface area (Å²) in [5.41, 5.74) is 3.22. The smallest absolute Gasteiger partial charge is 0.338 e. The molecule has 2 aromatic rings. The number of hydrogen-bond acceptors (Lipinski definition) is 6. The van der Waals surface area contributed by atoms with Gasteiger partial charge in [0.15, 0.2) is 0 Å². The van der Waals surface area contributed by atoms with E-state index in [1.165, 1.54) is 0 Å². The van der Waals surface area contributed by atoms with E-state index in [2.05, 4.69) is 4.72 Å². The van der Waals surface area contributed by atoms with E-state index in [0.717, 1.165) is 35.1 Å². The minimum atomic E-state index is -3.21. The van der Waals surface area contributed by atoms with Crippen LogP contribution in [0.2, 0.25) is 0 Å². The van der Waals surface area contributed by atoms with Crippen LogP contribution in [0.3, 0.4) is 0 Å². The van der Waals surface area contributed by atoms with Crippen LogP contribution < -0.4 is 14.2 Å². The third-order valence-corrected chi connectivity index (χ3v) is 5.43. The number of carbonyl (C=O) groups excluding carboxylic acids is 1. The molecule has 1 N–H and O–H groups in total. The van der Waals surface area contributed by atoms with Gasteiger partial charge in [-0.05, 0) is 50.1 Å². The highest BCUT2D eigenvalue weighted by molar-refractivity contribution is 7.88. The lowest BCUT2D eigenvalue weighted by atomic mass is 10.1. The fraction of sp³-hybridized carbons (Fsp3) is 0.409. The molecular formula is C22H27NO6S. The Kier molecular flexibility index (Phi) is 6.99. The number of nitrogens with one attached hydrogen (secondary N) is 1. The first-order chi connectivity index (χ1) is 14.2. The summed E-state index contributed by atoms with van der Waals surface area (Å²) in [5, 5.41) is 0. The van der Waals surface area contributed by atoms with Crippen LogP contribution in [0.5, 0.6) is 11.5 Å². The molecule has 30 heavy (non-hydrogen) atoms. The predicted molar refractivity (Wildman–Crippen MR) is 114 cm³/mol. The third-order valence-electron chi connectivity index (χ3n) is 4.71. The van der Waals surface area contributed by atoms with Crippen LogP contribution >= 0.6 is 0 Å². The van der Waals surface area contributed by atoms with Crippen molar-refractivity contribution in [1.82, 2.24) is 4.72 Å². The first-order valence-electron chi connectivity index (χ1n) is 9.91. The van der Waals surface area contributed by atoms with Crippen LogP contribution in [0, 0.1) is 0 Å². The van der Waals surface area contributed by atoms with Crippen molar-refractivity contribution in [3.05, 3.63) is 58.7 Å². The van der Waals surface area contributed by atoms with Gasteiger partial charge in [-0.25, -0.2) is 17.9 Å². The van der Waals surface area contributed by atoms with Gasteiger partial charge in [0.25, 0.3) is 0 Å². The Morgan fingerprint density at radius 3 is 2.63 bits per heavy atom. The number of hydrogen-bond donors (Lipinski definition) is 1.